The second-order valence-electron chi connectivity index (χ2n) is 9.17. The second-order valence-corrected chi connectivity index (χ2v) is 9.17. The molecule has 1 saturated heterocycles. The third-order valence-corrected chi connectivity index (χ3v) is 5.30. The first-order valence-electron chi connectivity index (χ1n) is 11.3. The fourth-order valence-electron chi connectivity index (χ4n) is 3.80. The van der Waals surface area contributed by atoms with Crippen molar-refractivity contribution in [1.82, 2.24) is 10.2 Å². The molecule has 7 heteroatoms. The summed E-state index contributed by atoms with van der Waals surface area (Å²) in [5.74, 6) is -0.746. The summed E-state index contributed by atoms with van der Waals surface area (Å²) < 4.78 is 10.9. The Morgan fingerprint density at radius 2 is 1.61 bits per heavy atom. The van der Waals surface area contributed by atoms with Crippen molar-refractivity contribution < 1.29 is 23.9 Å². The van der Waals surface area contributed by atoms with Crippen LogP contribution in [0.25, 0.3) is 0 Å². The topological polar surface area (TPSA) is 84.9 Å². The molecule has 0 radical (unpaired) electrons. The van der Waals surface area contributed by atoms with Crippen LogP contribution in [-0.4, -0.2) is 47.1 Å². The van der Waals surface area contributed by atoms with Gasteiger partial charge < -0.3 is 19.7 Å². The largest absolute Gasteiger partial charge is 0.459 e. The van der Waals surface area contributed by atoms with E-state index in [1.54, 1.807) is 20.8 Å². The lowest BCUT2D eigenvalue weighted by Gasteiger charge is -2.29. The molecule has 0 spiro atoms. The number of nitrogens with one attached hydrogen (secondary N) is 1. The van der Waals surface area contributed by atoms with E-state index in [2.05, 4.69) is 5.32 Å². The van der Waals surface area contributed by atoms with Gasteiger partial charge in [0.2, 0.25) is 5.91 Å². The molecule has 2 atom stereocenters. The summed E-state index contributed by atoms with van der Waals surface area (Å²) in [7, 11) is 0. The zero-order chi connectivity index (χ0) is 23.8. The van der Waals surface area contributed by atoms with Crippen LogP contribution in [0.5, 0.6) is 0 Å². The Morgan fingerprint density at radius 1 is 1.00 bits per heavy atom. The molecule has 1 N–H and O–H groups in total. The van der Waals surface area contributed by atoms with Gasteiger partial charge in [0.05, 0.1) is 0 Å². The normalized spacial score (nSPS) is 16.7. The van der Waals surface area contributed by atoms with Crippen molar-refractivity contribution in [2.45, 2.75) is 64.3 Å². The monoisotopic (exact) mass is 452 g/mol. The van der Waals surface area contributed by atoms with Gasteiger partial charge in [0, 0.05) is 13.0 Å². The van der Waals surface area contributed by atoms with Crippen LogP contribution in [0.4, 0.5) is 4.79 Å². The third-order valence-electron chi connectivity index (χ3n) is 5.30. The van der Waals surface area contributed by atoms with E-state index in [4.69, 9.17) is 9.47 Å². The fourth-order valence-corrected chi connectivity index (χ4v) is 3.80. The Hall–Kier alpha value is -3.35. The number of benzene rings is 2. The Morgan fingerprint density at radius 3 is 2.21 bits per heavy atom. The van der Waals surface area contributed by atoms with Crippen LogP contribution >= 0.6 is 0 Å². The van der Waals surface area contributed by atoms with Crippen molar-refractivity contribution in [3.63, 3.8) is 0 Å². The van der Waals surface area contributed by atoms with Gasteiger partial charge in [-0.1, -0.05) is 60.7 Å². The van der Waals surface area contributed by atoms with Gasteiger partial charge in [-0.2, -0.15) is 0 Å². The molecule has 0 aromatic heterocycles. The number of ether oxygens (including phenoxy) is 2. The number of carbonyl (C=O) groups excluding carboxylic acids is 3. The first-order chi connectivity index (χ1) is 15.7. The average Bonchev–Trinajstić information content (AvgIpc) is 3.27. The second kappa shape index (κ2) is 11.0. The summed E-state index contributed by atoms with van der Waals surface area (Å²) in [5, 5.41) is 2.71. The maximum atomic E-state index is 13.5. The molecule has 0 bridgehead atoms. The number of alkyl carbamates (subject to hydrolysis) is 1. The molecule has 176 valence electrons. The van der Waals surface area contributed by atoms with E-state index in [1.165, 1.54) is 4.90 Å². The predicted molar refractivity (Wildman–Crippen MR) is 124 cm³/mol. The Balaban J connectivity index is 1.70. The lowest BCUT2D eigenvalue weighted by molar-refractivity contribution is -0.155. The molecule has 2 amide bonds. The van der Waals surface area contributed by atoms with Crippen LogP contribution < -0.4 is 5.32 Å². The van der Waals surface area contributed by atoms with Crippen molar-refractivity contribution >= 4 is 18.0 Å². The van der Waals surface area contributed by atoms with Crippen LogP contribution in [0.1, 0.15) is 44.7 Å². The molecular formula is C26H32N2O5. The first kappa shape index (κ1) is 24.3. The molecular weight excluding hydrogens is 420 g/mol. The minimum absolute atomic E-state index is 0.155. The van der Waals surface area contributed by atoms with Crippen molar-refractivity contribution in [2.75, 3.05) is 6.54 Å². The number of carbonyl (C=O) groups is 3. The molecule has 3 rings (SSSR count). The van der Waals surface area contributed by atoms with Gasteiger partial charge in [0.15, 0.2) is 0 Å². The highest BCUT2D eigenvalue weighted by Gasteiger charge is 2.39. The molecule has 33 heavy (non-hydrogen) atoms. The molecule has 0 saturated carbocycles. The number of rotatable bonds is 7. The van der Waals surface area contributed by atoms with Crippen molar-refractivity contribution in [3.8, 4) is 0 Å². The highest BCUT2D eigenvalue weighted by atomic mass is 16.6. The summed E-state index contributed by atoms with van der Waals surface area (Å²) >= 11 is 0. The number of likely N-dealkylation sites (tertiary alicyclic amines) is 1. The van der Waals surface area contributed by atoms with Gasteiger partial charge >= 0.3 is 12.1 Å². The quantitative estimate of drug-likeness (QED) is 0.645. The van der Waals surface area contributed by atoms with E-state index in [0.29, 0.717) is 25.8 Å². The maximum absolute atomic E-state index is 13.5. The standard InChI is InChI=1S/C26H32N2O5/c1-26(2,3)33-25(31)27-21(17-19-11-6-4-7-12-19)23(29)28-16-10-15-22(28)24(30)32-18-20-13-8-5-9-14-20/h4-9,11-14,21-22H,10,15-18H2,1-3H3,(H,27,31)/t21-,22+/m1/s1. The van der Waals surface area contributed by atoms with Crippen molar-refractivity contribution in [1.29, 1.82) is 0 Å². The Kier molecular flexibility index (Phi) is 8.09. The van der Waals surface area contributed by atoms with Crippen molar-refractivity contribution in [3.05, 3.63) is 71.8 Å². The van der Waals surface area contributed by atoms with Crippen LogP contribution in [-0.2, 0) is 32.1 Å². The van der Waals surface area contributed by atoms with E-state index in [-0.39, 0.29) is 12.5 Å². The SMILES string of the molecule is CC(C)(C)OC(=O)N[C@H](Cc1ccccc1)C(=O)N1CCC[C@H]1C(=O)OCc1ccccc1. The fraction of sp³-hybridized carbons (Fsp3) is 0.423. The third kappa shape index (κ3) is 7.34. The summed E-state index contributed by atoms with van der Waals surface area (Å²) in [5.41, 5.74) is 1.09. The zero-order valence-electron chi connectivity index (χ0n) is 19.5. The molecule has 0 unspecified atom stereocenters. The summed E-state index contributed by atoms with van der Waals surface area (Å²) in [6.45, 7) is 5.88. The Labute approximate surface area is 195 Å². The van der Waals surface area contributed by atoms with Gasteiger partial charge in [-0.25, -0.2) is 9.59 Å². The van der Waals surface area contributed by atoms with Crippen molar-refractivity contribution in [2.24, 2.45) is 0 Å². The molecule has 1 aliphatic heterocycles. The van der Waals surface area contributed by atoms with Crippen LogP contribution in [0.15, 0.2) is 60.7 Å². The number of hydrogen-bond donors (Lipinski definition) is 1. The van der Waals surface area contributed by atoms with Crippen LogP contribution in [0.2, 0.25) is 0 Å². The lowest BCUT2D eigenvalue weighted by atomic mass is 10.0. The molecule has 0 aliphatic carbocycles. The highest BCUT2D eigenvalue weighted by Crippen LogP contribution is 2.21. The molecule has 2 aromatic rings. The Bertz CT molecular complexity index is 940. The average molecular weight is 453 g/mol. The van der Waals surface area contributed by atoms with E-state index < -0.39 is 29.7 Å². The number of nitrogens with zero attached hydrogens (tertiary/aromatic N) is 1. The van der Waals surface area contributed by atoms with E-state index in [1.807, 2.05) is 60.7 Å². The summed E-state index contributed by atoms with van der Waals surface area (Å²) in [4.78, 5) is 40.3. The predicted octanol–water partition coefficient (Wildman–Crippen LogP) is 3.86. The lowest BCUT2D eigenvalue weighted by Crippen LogP contribution is -2.53. The summed E-state index contributed by atoms with van der Waals surface area (Å²) in [6.07, 6.45) is 0.853. The number of hydrogen-bond acceptors (Lipinski definition) is 5. The molecule has 1 fully saturated rings. The summed E-state index contributed by atoms with van der Waals surface area (Å²) in [6, 6.07) is 17.3. The van der Waals surface area contributed by atoms with Gasteiger partial charge in [0.25, 0.3) is 0 Å². The molecule has 1 heterocycles. The minimum Gasteiger partial charge on any atom is -0.459 e. The molecule has 2 aromatic carbocycles. The van der Waals surface area contributed by atoms with Gasteiger partial charge in [0.1, 0.15) is 24.3 Å². The first-order valence-corrected chi connectivity index (χ1v) is 11.3. The molecule has 1 aliphatic rings. The van der Waals surface area contributed by atoms with Gasteiger partial charge in [-0.3, -0.25) is 4.79 Å². The van der Waals surface area contributed by atoms with Crippen LogP contribution in [0, 0.1) is 0 Å². The van der Waals surface area contributed by atoms with Gasteiger partial charge in [-0.15, -0.1) is 0 Å². The van der Waals surface area contributed by atoms with Crippen LogP contribution in [0.3, 0.4) is 0 Å². The smallest absolute Gasteiger partial charge is 0.408 e. The molecule has 7 nitrogen and oxygen atoms in total. The number of esters is 1. The number of amides is 2. The van der Waals surface area contributed by atoms with E-state index in [0.717, 1.165) is 11.1 Å². The minimum atomic E-state index is -0.857. The highest BCUT2D eigenvalue weighted by molar-refractivity contribution is 5.90. The zero-order valence-corrected chi connectivity index (χ0v) is 19.5. The van der Waals surface area contributed by atoms with E-state index in [9.17, 15) is 14.4 Å². The van der Waals surface area contributed by atoms with E-state index >= 15 is 0 Å². The maximum Gasteiger partial charge on any atom is 0.408 e. The van der Waals surface area contributed by atoms with Gasteiger partial charge in [-0.05, 0) is 44.7 Å².